The van der Waals surface area contributed by atoms with Gasteiger partial charge in [0.1, 0.15) is 30.5 Å². The van der Waals surface area contributed by atoms with E-state index in [0.717, 1.165) is 44.9 Å². The number of unbranched alkanes of at least 4 members (excludes halogenated alkanes) is 13. The maximum Gasteiger partial charge on any atom is 0.397 e. The van der Waals surface area contributed by atoms with E-state index in [1.807, 2.05) is 12.2 Å². The number of hydrogen-bond acceptors (Lipinski definition) is 11. The first kappa shape index (κ1) is 44.6. The molecule has 0 spiro atoms. The van der Waals surface area contributed by atoms with Crippen LogP contribution < -0.4 is 5.32 Å². The second-order valence-electron chi connectivity index (χ2n) is 12.6. The molecule has 8 atom stereocenters. The molecule has 1 aliphatic rings. The second kappa shape index (κ2) is 26.4. The van der Waals surface area contributed by atoms with E-state index in [2.05, 4.69) is 23.3 Å². The molecule has 14 heteroatoms. The minimum absolute atomic E-state index is 0.157. The zero-order chi connectivity index (χ0) is 35.8. The first-order valence-corrected chi connectivity index (χ1v) is 19.2. The van der Waals surface area contributed by atoms with Crippen LogP contribution in [0.2, 0.25) is 0 Å². The largest absolute Gasteiger partial charge is 0.397 e. The molecule has 13 nitrogen and oxygen atoms in total. The summed E-state index contributed by atoms with van der Waals surface area (Å²) in [6.07, 6.45) is 13.2. The van der Waals surface area contributed by atoms with Gasteiger partial charge in [-0.2, -0.15) is 8.42 Å². The van der Waals surface area contributed by atoms with Crippen molar-refractivity contribution < 1.29 is 57.0 Å². The predicted octanol–water partition coefficient (Wildman–Crippen LogP) is 3.62. The van der Waals surface area contributed by atoms with Gasteiger partial charge in [-0.25, -0.2) is 4.18 Å². The summed E-state index contributed by atoms with van der Waals surface area (Å²) in [7, 11) is -5.11. The summed E-state index contributed by atoms with van der Waals surface area (Å²) in [5, 5.41) is 54.5. The number of allylic oxidation sites excluding steroid dienone is 3. The maximum absolute atomic E-state index is 12.9. The highest BCUT2D eigenvalue weighted by Gasteiger charge is 2.48. The summed E-state index contributed by atoms with van der Waals surface area (Å²) >= 11 is 0. The van der Waals surface area contributed by atoms with Gasteiger partial charge in [0.25, 0.3) is 0 Å². The SMILES string of the molecule is CCCCCC/C=C\CCC(O)C(=O)NC(COC1OC(CO)C(O)C(OS(=O)(=O)O)C1O)C(O)/C=C/CCCCCCCCCCC. The Morgan fingerprint density at radius 1 is 0.833 bits per heavy atom. The van der Waals surface area contributed by atoms with Gasteiger partial charge >= 0.3 is 10.4 Å². The van der Waals surface area contributed by atoms with E-state index in [-0.39, 0.29) is 6.42 Å². The molecule has 48 heavy (non-hydrogen) atoms. The van der Waals surface area contributed by atoms with E-state index in [1.165, 1.54) is 51.0 Å². The third-order valence-corrected chi connectivity index (χ3v) is 8.81. The van der Waals surface area contributed by atoms with Gasteiger partial charge in [-0.15, -0.1) is 0 Å². The molecule has 1 amide bonds. The highest BCUT2D eigenvalue weighted by molar-refractivity contribution is 7.80. The molecule has 0 bridgehead atoms. The van der Waals surface area contributed by atoms with Crippen molar-refractivity contribution in [2.75, 3.05) is 13.2 Å². The fraction of sp³-hybridized carbons (Fsp3) is 0.853. The van der Waals surface area contributed by atoms with Crippen LogP contribution in [0.4, 0.5) is 0 Å². The summed E-state index contributed by atoms with van der Waals surface area (Å²) in [5.41, 5.74) is 0. The molecule has 0 aliphatic carbocycles. The molecule has 1 fully saturated rings. The summed E-state index contributed by atoms with van der Waals surface area (Å²) in [6.45, 7) is 3.07. The lowest BCUT2D eigenvalue weighted by atomic mass is 9.99. The quantitative estimate of drug-likeness (QED) is 0.0353. The van der Waals surface area contributed by atoms with Gasteiger partial charge in [0.05, 0.1) is 25.4 Å². The zero-order valence-electron chi connectivity index (χ0n) is 28.9. The standard InChI is InChI=1S/C34H63NO12S/c1-3-5-7-9-11-13-14-15-17-18-20-22-27(37)26(35-33(41)28(38)23-21-19-16-12-10-8-6-4-2)25-45-34-31(40)32(47-48(42,43)44)30(39)29(24-36)46-34/h16,19-20,22,26-32,34,36-40H,3-15,17-18,21,23-25H2,1-2H3,(H,35,41)(H,42,43,44)/b19-16-,22-20+. The number of carbonyl (C=O) groups is 1. The van der Waals surface area contributed by atoms with E-state index in [1.54, 1.807) is 6.08 Å². The molecule has 0 radical (unpaired) electrons. The smallest absolute Gasteiger partial charge is 0.394 e. The second-order valence-corrected chi connectivity index (χ2v) is 13.6. The highest BCUT2D eigenvalue weighted by atomic mass is 32.3. The Morgan fingerprint density at radius 2 is 1.38 bits per heavy atom. The van der Waals surface area contributed by atoms with E-state index < -0.39 is 78.5 Å². The fourth-order valence-corrected chi connectivity index (χ4v) is 5.91. The topological polar surface area (TPSA) is 212 Å². The zero-order valence-corrected chi connectivity index (χ0v) is 29.7. The maximum atomic E-state index is 12.9. The minimum Gasteiger partial charge on any atom is -0.394 e. The van der Waals surface area contributed by atoms with Crippen LogP contribution in [0.25, 0.3) is 0 Å². The van der Waals surface area contributed by atoms with Crippen LogP contribution in [-0.4, -0.2) is 107 Å². The monoisotopic (exact) mass is 709 g/mol. The number of aliphatic hydroxyl groups is 5. The Hall–Kier alpha value is -1.46. The molecule has 1 heterocycles. The molecular weight excluding hydrogens is 646 g/mol. The Morgan fingerprint density at radius 3 is 1.96 bits per heavy atom. The van der Waals surface area contributed by atoms with Gasteiger partial charge < -0.3 is 40.3 Å². The molecule has 0 saturated carbocycles. The van der Waals surface area contributed by atoms with Gasteiger partial charge in [-0.1, -0.05) is 109 Å². The number of nitrogens with one attached hydrogen (secondary N) is 1. The van der Waals surface area contributed by atoms with Crippen molar-refractivity contribution in [2.45, 2.75) is 172 Å². The van der Waals surface area contributed by atoms with Crippen molar-refractivity contribution >= 4 is 16.3 Å². The minimum atomic E-state index is -5.11. The van der Waals surface area contributed by atoms with E-state index in [4.69, 9.17) is 14.0 Å². The van der Waals surface area contributed by atoms with Crippen LogP contribution in [-0.2, 0) is 28.9 Å². The Kier molecular flexibility index (Phi) is 24.5. The third-order valence-electron chi connectivity index (χ3n) is 8.34. The molecule has 7 N–H and O–H groups in total. The van der Waals surface area contributed by atoms with E-state index in [9.17, 15) is 38.7 Å². The van der Waals surface area contributed by atoms with Gasteiger partial charge in [0.15, 0.2) is 6.29 Å². The van der Waals surface area contributed by atoms with Crippen LogP contribution in [0.5, 0.6) is 0 Å². The van der Waals surface area contributed by atoms with Crippen LogP contribution >= 0.6 is 0 Å². The van der Waals surface area contributed by atoms with Crippen molar-refractivity contribution in [1.82, 2.24) is 5.32 Å². The van der Waals surface area contributed by atoms with Crippen molar-refractivity contribution in [3.63, 3.8) is 0 Å². The average molecular weight is 710 g/mol. The van der Waals surface area contributed by atoms with Crippen molar-refractivity contribution in [2.24, 2.45) is 0 Å². The summed E-state index contributed by atoms with van der Waals surface area (Å²) in [4.78, 5) is 12.9. The number of aliphatic hydroxyl groups excluding tert-OH is 5. The molecule has 8 unspecified atom stereocenters. The third kappa shape index (κ3) is 19.7. The average Bonchev–Trinajstić information content (AvgIpc) is 3.05. The molecule has 1 aliphatic heterocycles. The molecule has 282 valence electrons. The molecule has 0 aromatic carbocycles. The van der Waals surface area contributed by atoms with Gasteiger partial charge in [0.2, 0.25) is 5.91 Å². The number of rotatable bonds is 28. The number of hydrogen-bond donors (Lipinski definition) is 7. The number of amides is 1. The summed E-state index contributed by atoms with van der Waals surface area (Å²) in [5.74, 6) is -0.743. The van der Waals surface area contributed by atoms with Crippen LogP contribution in [0.15, 0.2) is 24.3 Å². The van der Waals surface area contributed by atoms with Crippen molar-refractivity contribution in [3.05, 3.63) is 24.3 Å². The molecule has 1 saturated heterocycles. The Bertz CT molecular complexity index is 995. The van der Waals surface area contributed by atoms with Gasteiger partial charge in [-0.3, -0.25) is 9.35 Å². The van der Waals surface area contributed by atoms with Crippen LogP contribution in [0, 0.1) is 0 Å². The molecule has 0 aromatic rings. The lowest BCUT2D eigenvalue weighted by molar-refractivity contribution is -0.298. The summed E-state index contributed by atoms with van der Waals surface area (Å²) in [6, 6.07) is -1.13. The Balaban J connectivity index is 2.81. The molecule has 1 rings (SSSR count). The first-order valence-electron chi connectivity index (χ1n) is 17.8. The highest BCUT2D eigenvalue weighted by Crippen LogP contribution is 2.26. The van der Waals surface area contributed by atoms with E-state index >= 15 is 0 Å². The number of ether oxygens (including phenoxy) is 2. The molecule has 0 aromatic heterocycles. The normalized spacial score (nSPS) is 23.9. The van der Waals surface area contributed by atoms with Crippen molar-refractivity contribution in [3.8, 4) is 0 Å². The molecular formula is C34H63NO12S. The lowest BCUT2D eigenvalue weighted by Crippen LogP contribution is -2.61. The number of carbonyl (C=O) groups excluding carboxylic acids is 1. The first-order chi connectivity index (χ1) is 22.9. The van der Waals surface area contributed by atoms with Crippen molar-refractivity contribution in [1.29, 1.82) is 0 Å². The Labute approximate surface area is 287 Å². The fourth-order valence-electron chi connectivity index (χ4n) is 5.40. The van der Waals surface area contributed by atoms with Gasteiger partial charge in [0, 0.05) is 0 Å². The van der Waals surface area contributed by atoms with Gasteiger partial charge in [-0.05, 0) is 38.5 Å². The van der Waals surface area contributed by atoms with Crippen LogP contribution in [0.3, 0.4) is 0 Å². The lowest BCUT2D eigenvalue weighted by Gasteiger charge is -2.41. The summed E-state index contributed by atoms with van der Waals surface area (Å²) < 4.78 is 47.1. The van der Waals surface area contributed by atoms with Crippen LogP contribution in [0.1, 0.15) is 123 Å². The van der Waals surface area contributed by atoms with E-state index in [0.29, 0.717) is 12.8 Å². The predicted molar refractivity (Wildman–Crippen MR) is 182 cm³/mol.